The predicted octanol–water partition coefficient (Wildman–Crippen LogP) is 0.975. The molecule has 0 aromatic heterocycles. The molecule has 1 rings (SSSR count). The van der Waals surface area contributed by atoms with E-state index in [1.165, 1.54) is 0 Å². The lowest BCUT2D eigenvalue weighted by atomic mass is 10.1. The molecule has 0 saturated carbocycles. The molecule has 1 saturated heterocycles. The summed E-state index contributed by atoms with van der Waals surface area (Å²) >= 11 is 0. The van der Waals surface area contributed by atoms with E-state index in [4.69, 9.17) is 0 Å². The molecular weight excluding hydrogens is 214 g/mol. The molecule has 0 bridgehead atoms. The van der Waals surface area contributed by atoms with Gasteiger partial charge in [0.15, 0.2) is 0 Å². The van der Waals surface area contributed by atoms with E-state index in [0.29, 0.717) is 18.5 Å². The first-order valence-electron chi connectivity index (χ1n) is 6.90. The maximum Gasteiger partial charge on any atom is 0.221 e. The third-order valence-electron chi connectivity index (χ3n) is 3.43. The molecule has 2 unspecified atom stereocenters. The lowest BCUT2D eigenvalue weighted by molar-refractivity contribution is -0.121. The van der Waals surface area contributed by atoms with Gasteiger partial charge in [-0.3, -0.25) is 4.79 Å². The minimum atomic E-state index is 0.190. The average molecular weight is 241 g/mol. The Morgan fingerprint density at radius 2 is 2.18 bits per heavy atom. The van der Waals surface area contributed by atoms with Crippen LogP contribution in [0.15, 0.2) is 0 Å². The molecule has 2 atom stereocenters. The van der Waals surface area contributed by atoms with Crippen LogP contribution in [0.5, 0.6) is 0 Å². The Morgan fingerprint density at radius 3 is 2.82 bits per heavy atom. The van der Waals surface area contributed by atoms with Crippen molar-refractivity contribution in [2.24, 2.45) is 0 Å². The zero-order valence-electron chi connectivity index (χ0n) is 11.5. The summed E-state index contributed by atoms with van der Waals surface area (Å²) in [5, 5.41) is 6.51. The molecule has 4 nitrogen and oxygen atoms in total. The summed E-state index contributed by atoms with van der Waals surface area (Å²) in [7, 11) is 0. The van der Waals surface area contributed by atoms with Crippen LogP contribution < -0.4 is 10.6 Å². The smallest absolute Gasteiger partial charge is 0.221 e. The predicted molar refractivity (Wildman–Crippen MR) is 71.0 cm³/mol. The van der Waals surface area contributed by atoms with Gasteiger partial charge in [-0.15, -0.1) is 0 Å². The maximum atomic E-state index is 11.4. The Hall–Kier alpha value is -0.610. The Morgan fingerprint density at radius 1 is 1.47 bits per heavy atom. The number of carbonyl (C=O) groups excluding carboxylic acids is 1. The molecule has 0 spiro atoms. The highest BCUT2D eigenvalue weighted by molar-refractivity contribution is 5.76. The van der Waals surface area contributed by atoms with Gasteiger partial charge in [-0.2, -0.15) is 0 Å². The molecule has 2 N–H and O–H groups in total. The molecule has 1 aliphatic heterocycles. The average Bonchev–Trinajstić information content (AvgIpc) is 2.50. The molecule has 1 aliphatic rings. The van der Waals surface area contributed by atoms with Crippen molar-refractivity contribution in [3.8, 4) is 0 Å². The van der Waals surface area contributed by atoms with Gasteiger partial charge in [-0.1, -0.05) is 13.8 Å². The molecule has 4 heteroatoms. The fourth-order valence-corrected chi connectivity index (χ4v) is 2.44. The van der Waals surface area contributed by atoms with E-state index in [0.717, 1.165) is 39.0 Å². The molecule has 0 aromatic carbocycles. The van der Waals surface area contributed by atoms with Gasteiger partial charge in [0.2, 0.25) is 5.91 Å². The number of likely N-dealkylation sites (N-methyl/N-ethyl adjacent to an activating group) is 1. The van der Waals surface area contributed by atoms with Crippen molar-refractivity contribution in [1.29, 1.82) is 0 Å². The first-order valence-corrected chi connectivity index (χ1v) is 6.90. The van der Waals surface area contributed by atoms with E-state index in [1.54, 1.807) is 0 Å². The topological polar surface area (TPSA) is 44.4 Å². The summed E-state index contributed by atoms with van der Waals surface area (Å²) in [5.74, 6) is 0.190. The largest absolute Gasteiger partial charge is 0.356 e. The number of hydrogen-bond acceptors (Lipinski definition) is 3. The van der Waals surface area contributed by atoms with Crippen LogP contribution in [0.1, 0.15) is 40.0 Å². The molecule has 0 aromatic rings. The molecule has 1 amide bonds. The normalized spacial score (nSPS) is 23.3. The Bertz CT molecular complexity index is 229. The third-order valence-corrected chi connectivity index (χ3v) is 3.43. The molecule has 100 valence electrons. The van der Waals surface area contributed by atoms with E-state index in [-0.39, 0.29) is 5.91 Å². The molecule has 1 fully saturated rings. The van der Waals surface area contributed by atoms with Gasteiger partial charge < -0.3 is 15.5 Å². The minimum absolute atomic E-state index is 0.190. The van der Waals surface area contributed by atoms with Crippen LogP contribution in [0.3, 0.4) is 0 Å². The highest BCUT2D eigenvalue weighted by Crippen LogP contribution is 2.07. The van der Waals surface area contributed by atoms with Crippen molar-refractivity contribution in [3.63, 3.8) is 0 Å². The van der Waals surface area contributed by atoms with Crippen molar-refractivity contribution < 1.29 is 4.79 Å². The number of nitrogens with one attached hydrogen (secondary N) is 2. The summed E-state index contributed by atoms with van der Waals surface area (Å²) in [6.45, 7) is 10.7. The van der Waals surface area contributed by atoms with Crippen LogP contribution in [0, 0.1) is 0 Å². The van der Waals surface area contributed by atoms with Crippen molar-refractivity contribution in [2.75, 3.05) is 26.2 Å². The molecule has 17 heavy (non-hydrogen) atoms. The second-order valence-corrected chi connectivity index (χ2v) is 4.95. The van der Waals surface area contributed by atoms with Crippen LogP contribution in [0.2, 0.25) is 0 Å². The summed E-state index contributed by atoms with van der Waals surface area (Å²) in [4.78, 5) is 13.9. The number of carbonyl (C=O) groups is 1. The highest BCUT2D eigenvalue weighted by atomic mass is 16.1. The zero-order chi connectivity index (χ0) is 12.7. The zero-order valence-corrected chi connectivity index (χ0v) is 11.5. The van der Waals surface area contributed by atoms with E-state index in [9.17, 15) is 4.79 Å². The molecule has 0 aliphatic carbocycles. The van der Waals surface area contributed by atoms with Gasteiger partial charge in [0, 0.05) is 31.6 Å². The van der Waals surface area contributed by atoms with Crippen molar-refractivity contribution in [2.45, 2.75) is 52.1 Å². The lowest BCUT2D eigenvalue weighted by Crippen LogP contribution is -2.44. The van der Waals surface area contributed by atoms with Gasteiger partial charge in [0.1, 0.15) is 0 Å². The summed E-state index contributed by atoms with van der Waals surface area (Å²) in [6.07, 6.45) is 2.81. The number of rotatable bonds is 6. The van der Waals surface area contributed by atoms with Crippen molar-refractivity contribution in [1.82, 2.24) is 15.5 Å². The van der Waals surface area contributed by atoms with Gasteiger partial charge in [0.05, 0.1) is 0 Å². The Labute approximate surface area is 105 Å². The van der Waals surface area contributed by atoms with Gasteiger partial charge >= 0.3 is 0 Å². The Balaban J connectivity index is 2.33. The van der Waals surface area contributed by atoms with Crippen molar-refractivity contribution in [3.05, 3.63) is 0 Å². The van der Waals surface area contributed by atoms with Crippen LogP contribution in [0.25, 0.3) is 0 Å². The standard InChI is InChI=1S/C13H27N3O/c1-4-16(5-2)10-11(3)15-12-7-6-8-14-13(17)9-12/h11-12,15H,4-10H2,1-3H3,(H,14,17). The van der Waals surface area contributed by atoms with E-state index < -0.39 is 0 Å². The van der Waals surface area contributed by atoms with Crippen LogP contribution >= 0.6 is 0 Å². The maximum absolute atomic E-state index is 11.4. The number of hydrogen-bond donors (Lipinski definition) is 2. The SMILES string of the molecule is CCN(CC)CC(C)NC1CCCNC(=O)C1. The number of amides is 1. The van der Waals surface area contributed by atoms with Gasteiger partial charge in [0.25, 0.3) is 0 Å². The van der Waals surface area contributed by atoms with E-state index >= 15 is 0 Å². The lowest BCUT2D eigenvalue weighted by Gasteiger charge is -2.26. The van der Waals surface area contributed by atoms with Crippen LogP contribution in [-0.2, 0) is 4.79 Å². The van der Waals surface area contributed by atoms with Gasteiger partial charge in [-0.05, 0) is 32.9 Å². The van der Waals surface area contributed by atoms with E-state index in [2.05, 4.69) is 36.3 Å². The second-order valence-electron chi connectivity index (χ2n) is 4.95. The highest BCUT2D eigenvalue weighted by Gasteiger charge is 2.19. The second kappa shape index (κ2) is 7.67. The summed E-state index contributed by atoms with van der Waals surface area (Å²) in [6, 6.07) is 0.800. The summed E-state index contributed by atoms with van der Waals surface area (Å²) < 4.78 is 0. The molecular formula is C13H27N3O. The van der Waals surface area contributed by atoms with Gasteiger partial charge in [-0.25, -0.2) is 0 Å². The van der Waals surface area contributed by atoms with E-state index in [1.807, 2.05) is 0 Å². The quantitative estimate of drug-likeness (QED) is 0.728. The molecule has 1 heterocycles. The van der Waals surface area contributed by atoms with Crippen LogP contribution in [0.4, 0.5) is 0 Å². The van der Waals surface area contributed by atoms with Crippen molar-refractivity contribution >= 4 is 5.91 Å². The third kappa shape index (κ3) is 5.50. The fourth-order valence-electron chi connectivity index (χ4n) is 2.44. The molecule has 0 radical (unpaired) electrons. The summed E-state index contributed by atoms with van der Waals surface area (Å²) in [5.41, 5.74) is 0. The first kappa shape index (κ1) is 14.5. The monoisotopic (exact) mass is 241 g/mol. The van der Waals surface area contributed by atoms with Crippen LogP contribution in [-0.4, -0.2) is 49.1 Å². The minimum Gasteiger partial charge on any atom is -0.356 e. The number of nitrogens with zero attached hydrogens (tertiary/aromatic N) is 1. The Kier molecular flexibility index (Phi) is 6.52. The first-order chi connectivity index (χ1) is 8.15. The fraction of sp³-hybridized carbons (Fsp3) is 0.923.